The number of rotatable bonds is 4. The van der Waals surface area contributed by atoms with Crippen LogP contribution >= 0.6 is 0 Å². The van der Waals surface area contributed by atoms with Crippen molar-refractivity contribution in [2.75, 3.05) is 0 Å². The van der Waals surface area contributed by atoms with Crippen LogP contribution in [0.15, 0.2) is 10.8 Å². The molecule has 0 aliphatic heterocycles. The van der Waals surface area contributed by atoms with E-state index in [0.29, 0.717) is 5.69 Å². The second-order valence-electron chi connectivity index (χ2n) is 6.00. The van der Waals surface area contributed by atoms with Gasteiger partial charge in [-0.1, -0.05) is 13.8 Å². The summed E-state index contributed by atoms with van der Waals surface area (Å²) in [5, 5.41) is 2.63. The van der Waals surface area contributed by atoms with Crippen LogP contribution in [0, 0.1) is 12.8 Å². The third-order valence-electron chi connectivity index (χ3n) is 2.57. The Morgan fingerprint density at radius 1 is 1.35 bits per heavy atom. The number of carbonyl (C=O) groups excluding carboxylic acids is 2. The van der Waals surface area contributed by atoms with Crippen LogP contribution in [0.2, 0.25) is 0 Å². The van der Waals surface area contributed by atoms with E-state index >= 15 is 0 Å². The number of amides is 1. The quantitative estimate of drug-likeness (QED) is 0.855. The molecule has 0 saturated heterocycles. The Hall–Kier alpha value is -1.85. The summed E-state index contributed by atoms with van der Waals surface area (Å²) in [5.74, 6) is -0.918. The van der Waals surface area contributed by atoms with Gasteiger partial charge in [-0.3, -0.25) is 4.79 Å². The monoisotopic (exact) mass is 282 g/mol. The lowest BCUT2D eigenvalue weighted by Gasteiger charge is -2.26. The minimum atomic E-state index is -0.730. The standard InChI is InChI=1S/C14H22N2O4/c1-8(2)10(13(18)20-14(4,5)6)16-12(17)11-9(3)15-7-19-11/h7-8,10H,1-6H3,(H,16,17)/t10-/m1/s1. The van der Waals surface area contributed by atoms with Gasteiger partial charge in [-0.25, -0.2) is 9.78 Å². The Bertz CT molecular complexity index is 486. The van der Waals surface area contributed by atoms with Crippen molar-refractivity contribution in [2.45, 2.75) is 53.2 Å². The summed E-state index contributed by atoms with van der Waals surface area (Å²) >= 11 is 0. The number of nitrogens with zero attached hydrogens (tertiary/aromatic N) is 1. The summed E-state index contributed by atoms with van der Waals surface area (Å²) < 4.78 is 10.3. The number of oxazole rings is 1. The average molecular weight is 282 g/mol. The maximum Gasteiger partial charge on any atom is 0.329 e. The highest BCUT2D eigenvalue weighted by Crippen LogP contribution is 2.13. The molecule has 0 saturated carbocycles. The third kappa shape index (κ3) is 4.36. The molecule has 0 fully saturated rings. The van der Waals surface area contributed by atoms with Crippen molar-refractivity contribution in [2.24, 2.45) is 5.92 Å². The van der Waals surface area contributed by atoms with Gasteiger partial charge in [0, 0.05) is 0 Å². The molecule has 1 atom stereocenters. The fraction of sp³-hybridized carbons (Fsp3) is 0.643. The van der Waals surface area contributed by atoms with Crippen LogP contribution in [-0.4, -0.2) is 28.5 Å². The number of ether oxygens (including phenoxy) is 1. The highest BCUT2D eigenvalue weighted by Gasteiger charge is 2.30. The van der Waals surface area contributed by atoms with Gasteiger partial charge in [0.05, 0.1) is 5.69 Å². The highest BCUT2D eigenvalue weighted by molar-refractivity contribution is 5.95. The van der Waals surface area contributed by atoms with E-state index in [1.165, 1.54) is 6.39 Å². The fourth-order valence-corrected chi connectivity index (χ4v) is 1.59. The van der Waals surface area contributed by atoms with Crippen molar-refractivity contribution in [3.8, 4) is 0 Å². The van der Waals surface area contributed by atoms with Crippen LogP contribution in [0.4, 0.5) is 0 Å². The first-order chi connectivity index (χ1) is 9.11. The highest BCUT2D eigenvalue weighted by atomic mass is 16.6. The number of aryl methyl sites for hydroxylation is 1. The molecule has 6 nitrogen and oxygen atoms in total. The van der Waals surface area contributed by atoms with E-state index in [-0.39, 0.29) is 11.7 Å². The molecule has 1 aromatic rings. The number of nitrogens with one attached hydrogen (secondary N) is 1. The Morgan fingerprint density at radius 3 is 2.35 bits per heavy atom. The molecular formula is C14H22N2O4. The van der Waals surface area contributed by atoms with E-state index in [2.05, 4.69) is 10.3 Å². The Balaban J connectivity index is 2.81. The molecule has 112 valence electrons. The summed E-state index contributed by atoms with van der Waals surface area (Å²) in [6.07, 6.45) is 1.20. The molecule has 1 heterocycles. The summed E-state index contributed by atoms with van der Waals surface area (Å²) in [5.41, 5.74) is -0.119. The largest absolute Gasteiger partial charge is 0.458 e. The molecule has 0 radical (unpaired) electrons. The molecule has 0 unspecified atom stereocenters. The zero-order chi connectivity index (χ0) is 15.5. The van der Waals surface area contributed by atoms with Gasteiger partial charge in [0.25, 0.3) is 5.91 Å². The minimum Gasteiger partial charge on any atom is -0.458 e. The van der Waals surface area contributed by atoms with E-state index in [1.807, 2.05) is 13.8 Å². The van der Waals surface area contributed by atoms with Crippen LogP contribution in [0.1, 0.15) is 50.9 Å². The lowest BCUT2D eigenvalue weighted by Crippen LogP contribution is -2.47. The number of carbonyl (C=O) groups is 2. The minimum absolute atomic E-state index is 0.1000. The molecule has 0 aliphatic carbocycles. The van der Waals surface area contributed by atoms with Crippen LogP contribution in [0.3, 0.4) is 0 Å². The Kier molecular flexibility index (Phi) is 4.92. The Labute approximate surface area is 118 Å². The number of hydrogen-bond acceptors (Lipinski definition) is 5. The van der Waals surface area contributed by atoms with Gasteiger partial charge in [-0.2, -0.15) is 0 Å². The maximum absolute atomic E-state index is 12.1. The summed E-state index contributed by atoms with van der Waals surface area (Å²) in [6, 6.07) is -0.730. The molecule has 0 spiro atoms. The van der Waals surface area contributed by atoms with E-state index in [4.69, 9.17) is 9.15 Å². The molecule has 20 heavy (non-hydrogen) atoms. The normalized spacial score (nSPS) is 13.2. The van der Waals surface area contributed by atoms with Crippen molar-refractivity contribution in [1.29, 1.82) is 0 Å². The first-order valence-electron chi connectivity index (χ1n) is 6.55. The second kappa shape index (κ2) is 6.07. The summed E-state index contributed by atoms with van der Waals surface area (Å²) in [6.45, 7) is 10.7. The molecule has 1 aromatic heterocycles. The van der Waals surface area contributed by atoms with Gasteiger partial charge in [-0.05, 0) is 33.6 Å². The summed E-state index contributed by atoms with van der Waals surface area (Å²) in [4.78, 5) is 28.0. The molecule has 1 rings (SSSR count). The number of aromatic nitrogens is 1. The summed E-state index contributed by atoms with van der Waals surface area (Å²) in [7, 11) is 0. The van der Waals surface area contributed by atoms with Gasteiger partial charge in [0.15, 0.2) is 6.39 Å². The number of hydrogen-bond donors (Lipinski definition) is 1. The van der Waals surface area contributed by atoms with Crippen molar-refractivity contribution >= 4 is 11.9 Å². The van der Waals surface area contributed by atoms with E-state index in [1.54, 1.807) is 27.7 Å². The predicted molar refractivity (Wildman–Crippen MR) is 73.2 cm³/mol. The zero-order valence-corrected chi connectivity index (χ0v) is 12.8. The fourth-order valence-electron chi connectivity index (χ4n) is 1.59. The Morgan fingerprint density at radius 2 is 1.95 bits per heavy atom. The van der Waals surface area contributed by atoms with Crippen LogP contribution in [-0.2, 0) is 9.53 Å². The molecule has 0 aliphatic rings. The van der Waals surface area contributed by atoms with E-state index < -0.39 is 23.5 Å². The van der Waals surface area contributed by atoms with Crippen molar-refractivity contribution in [3.05, 3.63) is 17.8 Å². The lowest BCUT2D eigenvalue weighted by molar-refractivity contribution is -0.158. The second-order valence-corrected chi connectivity index (χ2v) is 6.00. The van der Waals surface area contributed by atoms with Gasteiger partial charge in [-0.15, -0.1) is 0 Å². The molecule has 0 bridgehead atoms. The van der Waals surface area contributed by atoms with Crippen molar-refractivity contribution in [1.82, 2.24) is 10.3 Å². The first kappa shape index (κ1) is 16.2. The molecular weight excluding hydrogens is 260 g/mol. The number of esters is 1. The van der Waals surface area contributed by atoms with Crippen molar-refractivity contribution in [3.63, 3.8) is 0 Å². The third-order valence-corrected chi connectivity index (χ3v) is 2.57. The van der Waals surface area contributed by atoms with Gasteiger partial charge in [0.1, 0.15) is 11.6 Å². The van der Waals surface area contributed by atoms with E-state index in [9.17, 15) is 9.59 Å². The molecule has 1 amide bonds. The topological polar surface area (TPSA) is 81.4 Å². The van der Waals surface area contributed by atoms with Gasteiger partial charge >= 0.3 is 5.97 Å². The maximum atomic E-state index is 12.1. The van der Waals surface area contributed by atoms with Crippen LogP contribution < -0.4 is 5.32 Å². The van der Waals surface area contributed by atoms with Crippen LogP contribution in [0.25, 0.3) is 0 Å². The van der Waals surface area contributed by atoms with E-state index in [0.717, 1.165) is 0 Å². The van der Waals surface area contributed by atoms with Crippen LogP contribution in [0.5, 0.6) is 0 Å². The predicted octanol–water partition coefficient (Wildman–Crippen LogP) is 2.08. The smallest absolute Gasteiger partial charge is 0.329 e. The van der Waals surface area contributed by atoms with Gasteiger partial charge < -0.3 is 14.5 Å². The molecule has 0 aromatic carbocycles. The zero-order valence-electron chi connectivity index (χ0n) is 12.8. The SMILES string of the molecule is Cc1ncoc1C(=O)N[C@@H](C(=O)OC(C)(C)C)C(C)C. The lowest BCUT2D eigenvalue weighted by atomic mass is 10.0. The first-order valence-corrected chi connectivity index (χ1v) is 6.55. The molecule has 1 N–H and O–H groups in total. The average Bonchev–Trinajstić information content (AvgIpc) is 2.69. The van der Waals surface area contributed by atoms with Crippen molar-refractivity contribution < 1.29 is 18.7 Å². The molecule has 6 heteroatoms. The van der Waals surface area contributed by atoms with Gasteiger partial charge in [0.2, 0.25) is 5.76 Å².